The van der Waals surface area contributed by atoms with Crippen LogP contribution in [0.2, 0.25) is 0 Å². The first-order chi connectivity index (χ1) is 5.63. The Morgan fingerprint density at radius 3 is 2.00 bits per heavy atom. The van der Waals surface area contributed by atoms with Crippen molar-refractivity contribution in [3.8, 4) is 0 Å². The van der Waals surface area contributed by atoms with Gasteiger partial charge in [0.2, 0.25) is 0 Å². The maximum absolute atomic E-state index is 4.33. The Kier molecular flexibility index (Phi) is 7.55. The summed E-state index contributed by atoms with van der Waals surface area (Å²) in [5.74, 6) is 4.38. The van der Waals surface area contributed by atoms with Crippen LogP contribution in [0.1, 0.15) is 33.6 Å². The average Bonchev–Trinajstić information content (AvgIpc) is 2.11. The molecule has 0 aromatic rings. The van der Waals surface area contributed by atoms with E-state index in [1.165, 1.54) is 12.8 Å². The normalized spacial score (nSPS) is 18.8. The number of hydrogen-bond donors (Lipinski definition) is 2. The Morgan fingerprint density at radius 1 is 1.00 bits per heavy atom. The summed E-state index contributed by atoms with van der Waals surface area (Å²) in [6.07, 6.45) is 2.55. The van der Waals surface area contributed by atoms with E-state index in [0.29, 0.717) is 0 Å². The molecule has 0 aromatic heterocycles. The molecule has 3 atom stereocenters. The number of rotatable bonds is 6. The van der Waals surface area contributed by atoms with Crippen molar-refractivity contribution in [2.45, 2.75) is 33.6 Å². The third-order valence-corrected chi connectivity index (χ3v) is 3.79. The highest BCUT2D eigenvalue weighted by Crippen LogP contribution is 2.25. The molecule has 12 heavy (non-hydrogen) atoms. The summed E-state index contributed by atoms with van der Waals surface area (Å²) in [6, 6.07) is 0. The summed E-state index contributed by atoms with van der Waals surface area (Å²) in [5, 5.41) is 0. The summed E-state index contributed by atoms with van der Waals surface area (Å²) < 4.78 is 0. The summed E-state index contributed by atoms with van der Waals surface area (Å²) in [4.78, 5) is 0. The quantitative estimate of drug-likeness (QED) is 0.610. The van der Waals surface area contributed by atoms with Crippen molar-refractivity contribution < 1.29 is 0 Å². The fourth-order valence-electron chi connectivity index (χ4n) is 1.40. The first-order valence-corrected chi connectivity index (χ1v) is 6.11. The van der Waals surface area contributed by atoms with Gasteiger partial charge in [-0.15, -0.1) is 0 Å². The van der Waals surface area contributed by atoms with Crippen LogP contribution in [0.15, 0.2) is 0 Å². The molecule has 0 aromatic carbocycles. The molecule has 2 heteroatoms. The summed E-state index contributed by atoms with van der Waals surface area (Å²) in [6.45, 7) is 6.97. The molecule has 0 amide bonds. The summed E-state index contributed by atoms with van der Waals surface area (Å²) >= 11 is 8.55. The van der Waals surface area contributed by atoms with E-state index in [1.807, 2.05) is 0 Å². The van der Waals surface area contributed by atoms with Gasteiger partial charge in [-0.25, -0.2) is 0 Å². The van der Waals surface area contributed by atoms with Gasteiger partial charge in [0, 0.05) is 0 Å². The SMILES string of the molecule is CC(CS)C(C)C(C)CCCS. The van der Waals surface area contributed by atoms with Gasteiger partial charge in [-0.05, 0) is 42.1 Å². The average molecular weight is 206 g/mol. The minimum atomic E-state index is 0.739. The van der Waals surface area contributed by atoms with E-state index in [4.69, 9.17) is 0 Å². The van der Waals surface area contributed by atoms with Crippen LogP contribution in [0, 0.1) is 17.8 Å². The molecule has 0 aliphatic rings. The topological polar surface area (TPSA) is 0 Å². The zero-order valence-electron chi connectivity index (χ0n) is 8.45. The molecule has 0 rings (SSSR count). The van der Waals surface area contributed by atoms with E-state index in [1.54, 1.807) is 0 Å². The van der Waals surface area contributed by atoms with Gasteiger partial charge in [0.25, 0.3) is 0 Å². The van der Waals surface area contributed by atoms with Crippen LogP contribution < -0.4 is 0 Å². The lowest BCUT2D eigenvalue weighted by Gasteiger charge is -2.24. The molecule has 0 nitrogen and oxygen atoms in total. The second-order valence-electron chi connectivity index (χ2n) is 3.86. The van der Waals surface area contributed by atoms with Gasteiger partial charge in [0.05, 0.1) is 0 Å². The van der Waals surface area contributed by atoms with Gasteiger partial charge in [-0.3, -0.25) is 0 Å². The molecule has 0 N–H and O–H groups in total. The Bertz CT molecular complexity index is 104. The maximum atomic E-state index is 4.33. The van der Waals surface area contributed by atoms with E-state index in [0.717, 1.165) is 29.3 Å². The number of hydrogen-bond acceptors (Lipinski definition) is 2. The zero-order chi connectivity index (χ0) is 9.56. The smallest absolute Gasteiger partial charge is 0.00695 e. The second-order valence-corrected chi connectivity index (χ2v) is 4.67. The fourth-order valence-corrected chi connectivity index (χ4v) is 1.92. The lowest BCUT2D eigenvalue weighted by atomic mass is 9.83. The molecule has 0 bridgehead atoms. The Morgan fingerprint density at radius 2 is 1.58 bits per heavy atom. The summed E-state index contributed by atoms with van der Waals surface area (Å²) in [7, 11) is 0. The van der Waals surface area contributed by atoms with Crippen LogP contribution >= 0.6 is 25.3 Å². The molecule has 0 spiro atoms. The lowest BCUT2D eigenvalue weighted by molar-refractivity contribution is 0.285. The standard InChI is InChI=1S/C10H22S2/c1-8(5-4-6-11)10(3)9(2)7-12/h8-12H,4-7H2,1-3H3. The van der Waals surface area contributed by atoms with Crippen LogP contribution in [-0.4, -0.2) is 11.5 Å². The molecule has 0 aliphatic heterocycles. The van der Waals surface area contributed by atoms with E-state index in [-0.39, 0.29) is 0 Å². The van der Waals surface area contributed by atoms with Crippen molar-refractivity contribution in [3.63, 3.8) is 0 Å². The lowest BCUT2D eigenvalue weighted by Crippen LogP contribution is -2.17. The molecule has 0 radical (unpaired) electrons. The van der Waals surface area contributed by atoms with Crippen molar-refractivity contribution in [2.24, 2.45) is 17.8 Å². The monoisotopic (exact) mass is 206 g/mol. The van der Waals surface area contributed by atoms with Gasteiger partial charge in [0.1, 0.15) is 0 Å². The van der Waals surface area contributed by atoms with Gasteiger partial charge in [-0.1, -0.05) is 20.8 Å². The third-order valence-electron chi connectivity index (χ3n) is 2.90. The van der Waals surface area contributed by atoms with E-state index in [2.05, 4.69) is 46.0 Å². The molecule has 0 heterocycles. The van der Waals surface area contributed by atoms with E-state index < -0.39 is 0 Å². The Hall–Kier alpha value is 0.700. The maximum Gasteiger partial charge on any atom is -0.00695 e. The van der Waals surface area contributed by atoms with Crippen molar-refractivity contribution in [2.75, 3.05) is 11.5 Å². The van der Waals surface area contributed by atoms with Gasteiger partial charge in [-0.2, -0.15) is 25.3 Å². The first-order valence-electron chi connectivity index (χ1n) is 4.85. The predicted octanol–water partition coefficient (Wildman–Crippen LogP) is 3.53. The largest absolute Gasteiger partial charge is 0.179 e. The van der Waals surface area contributed by atoms with E-state index in [9.17, 15) is 0 Å². The van der Waals surface area contributed by atoms with Crippen molar-refractivity contribution in [3.05, 3.63) is 0 Å². The van der Waals surface area contributed by atoms with Crippen molar-refractivity contribution in [1.29, 1.82) is 0 Å². The summed E-state index contributed by atoms with van der Waals surface area (Å²) in [5.41, 5.74) is 0. The molecule has 0 saturated carbocycles. The highest BCUT2D eigenvalue weighted by molar-refractivity contribution is 7.80. The van der Waals surface area contributed by atoms with Crippen LogP contribution in [0.5, 0.6) is 0 Å². The zero-order valence-corrected chi connectivity index (χ0v) is 10.2. The van der Waals surface area contributed by atoms with Crippen LogP contribution in [0.25, 0.3) is 0 Å². The molecular formula is C10H22S2. The molecule has 74 valence electrons. The molecule has 0 aliphatic carbocycles. The molecule has 3 unspecified atom stereocenters. The third kappa shape index (κ3) is 4.66. The van der Waals surface area contributed by atoms with Crippen LogP contribution in [0.3, 0.4) is 0 Å². The van der Waals surface area contributed by atoms with Crippen LogP contribution in [-0.2, 0) is 0 Å². The fraction of sp³-hybridized carbons (Fsp3) is 1.00. The number of thiol groups is 2. The van der Waals surface area contributed by atoms with E-state index >= 15 is 0 Å². The Balaban J connectivity index is 3.67. The Labute approximate surface area is 88.3 Å². The minimum absolute atomic E-state index is 0.739. The van der Waals surface area contributed by atoms with Crippen molar-refractivity contribution in [1.82, 2.24) is 0 Å². The second kappa shape index (κ2) is 7.14. The van der Waals surface area contributed by atoms with Crippen molar-refractivity contribution >= 4 is 25.3 Å². The first kappa shape index (κ1) is 12.7. The van der Waals surface area contributed by atoms with Crippen LogP contribution in [0.4, 0.5) is 0 Å². The highest BCUT2D eigenvalue weighted by atomic mass is 32.1. The van der Waals surface area contributed by atoms with Gasteiger partial charge < -0.3 is 0 Å². The molecule has 0 saturated heterocycles. The minimum Gasteiger partial charge on any atom is -0.179 e. The van der Waals surface area contributed by atoms with Gasteiger partial charge in [0.15, 0.2) is 0 Å². The van der Waals surface area contributed by atoms with Gasteiger partial charge >= 0.3 is 0 Å². The highest BCUT2D eigenvalue weighted by Gasteiger charge is 2.17. The molecular weight excluding hydrogens is 184 g/mol. The molecule has 0 fully saturated rings. The predicted molar refractivity (Wildman–Crippen MR) is 64.4 cm³/mol.